The van der Waals surface area contributed by atoms with Gasteiger partial charge in [0.2, 0.25) is 0 Å². The first-order chi connectivity index (χ1) is 7.66. The number of alkyl halides is 2. The topological polar surface area (TPSA) is 22.1 Å². The minimum absolute atomic E-state index is 0.135. The zero-order valence-corrected chi connectivity index (χ0v) is 10.3. The molecule has 6 heteroatoms. The van der Waals surface area contributed by atoms with Gasteiger partial charge in [-0.15, -0.1) is 11.3 Å². The van der Waals surface area contributed by atoms with Crippen molar-refractivity contribution in [3.05, 3.63) is 33.6 Å². The Morgan fingerprint density at radius 3 is 2.69 bits per heavy atom. The Morgan fingerprint density at radius 2 is 2.06 bits per heavy atom. The molecule has 16 heavy (non-hydrogen) atoms. The molecule has 1 heterocycles. The molecule has 0 spiro atoms. The standard InChI is InChI=1S/C10H6BrF2NOS/c11-9-14-7(5-16-9)6-3-1-2-4-8(6)15-10(12)13/h1-5,10H. The van der Waals surface area contributed by atoms with Gasteiger partial charge in [0, 0.05) is 10.9 Å². The van der Waals surface area contributed by atoms with Gasteiger partial charge in [0.25, 0.3) is 0 Å². The van der Waals surface area contributed by atoms with E-state index in [1.807, 2.05) is 0 Å². The van der Waals surface area contributed by atoms with Crippen molar-refractivity contribution in [3.63, 3.8) is 0 Å². The van der Waals surface area contributed by atoms with Gasteiger partial charge in [-0.2, -0.15) is 8.78 Å². The highest BCUT2D eigenvalue weighted by molar-refractivity contribution is 9.11. The molecule has 0 aliphatic rings. The van der Waals surface area contributed by atoms with E-state index in [2.05, 4.69) is 25.7 Å². The Bertz CT molecular complexity index is 489. The molecule has 0 N–H and O–H groups in total. The van der Waals surface area contributed by atoms with Gasteiger partial charge in [0.05, 0.1) is 5.69 Å². The van der Waals surface area contributed by atoms with Crippen LogP contribution in [0.1, 0.15) is 0 Å². The minimum atomic E-state index is -2.83. The van der Waals surface area contributed by atoms with E-state index < -0.39 is 6.61 Å². The summed E-state index contributed by atoms with van der Waals surface area (Å²) in [5, 5.41) is 1.78. The van der Waals surface area contributed by atoms with E-state index in [9.17, 15) is 8.78 Å². The molecule has 0 amide bonds. The van der Waals surface area contributed by atoms with E-state index in [0.29, 0.717) is 15.2 Å². The summed E-state index contributed by atoms with van der Waals surface area (Å²) in [4.78, 5) is 4.16. The molecule has 2 rings (SSSR count). The predicted molar refractivity (Wildman–Crippen MR) is 61.9 cm³/mol. The van der Waals surface area contributed by atoms with Gasteiger partial charge in [-0.1, -0.05) is 12.1 Å². The van der Waals surface area contributed by atoms with E-state index in [-0.39, 0.29) is 5.75 Å². The Balaban J connectivity index is 2.40. The summed E-state index contributed by atoms with van der Waals surface area (Å²) >= 11 is 4.61. The van der Waals surface area contributed by atoms with Crippen molar-refractivity contribution in [1.29, 1.82) is 0 Å². The van der Waals surface area contributed by atoms with Crippen LogP contribution in [-0.2, 0) is 0 Å². The first kappa shape index (κ1) is 11.5. The fourth-order valence-electron chi connectivity index (χ4n) is 1.25. The van der Waals surface area contributed by atoms with Gasteiger partial charge < -0.3 is 4.74 Å². The normalized spacial score (nSPS) is 10.8. The number of halogens is 3. The fourth-order valence-corrected chi connectivity index (χ4v) is 2.26. The van der Waals surface area contributed by atoms with Crippen molar-refractivity contribution in [2.45, 2.75) is 6.61 Å². The van der Waals surface area contributed by atoms with Gasteiger partial charge in [0.1, 0.15) is 5.75 Å². The number of aromatic nitrogens is 1. The molecule has 1 aromatic carbocycles. The van der Waals surface area contributed by atoms with Crippen LogP contribution in [0.2, 0.25) is 0 Å². The van der Waals surface area contributed by atoms with Crippen LogP contribution in [0.4, 0.5) is 8.78 Å². The maximum atomic E-state index is 12.2. The smallest absolute Gasteiger partial charge is 0.387 e. The molecular weight excluding hydrogens is 300 g/mol. The highest BCUT2D eigenvalue weighted by Gasteiger charge is 2.12. The van der Waals surface area contributed by atoms with Crippen LogP contribution in [0.3, 0.4) is 0 Å². The van der Waals surface area contributed by atoms with Crippen molar-refractivity contribution in [2.75, 3.05) is 0 Å². The summed E-state index contributed by atoms with van der Waals surface area (Å²) in [6, 6.07) is 6.58. The third-order valence-electron chi connectivity index (χ3n) is 1.86. The van der Waals surface area contributed by atoms with E-state index in [1.165, 1.54) is 17.4 Å². The monoisotopic (exact) mass is 305 g/mol. The summed E-state index contributed by atoms with van der Waals surface area (Å²) in [7, 11) is 0. The van der Waals surface area contributed by atoms with Crippen molar-refractivity contribution >= 4 is 27.3 Å². The lowest BCUT2D eigenvalue weighted by Gasteiger charge is -2.08. The summed E-state index contributed by atoms with van der Waals surface area (Å²) in [5.41, 5.74) is 1.18. The van der Waals surface area contributed by atoms with E-state index >= 15 is 0 Å². The number of hydrogen-bond donors (Lipinski definition) is 0. The number of benzene rings is 1. The summed E-state index contributed by atoms with van der Waals surface area (Å²) < 4.78 is 29.5. The summed E-state index contributed by atoms with van der Waals surface area (Å²) in [6.07, 6.45) is 0. The summed E-state index contributed by atoms with van der Waals surface area (Å²) in [5.74, 6) is 0.135. The van der Waals surface area contributed by atoms with Gasteiger partial charge in [-0.05, 0) is 28.1 Å². The van der Waals surface area contributed by atoms with E-state index in [4.69, 9.17) is 0 Å². The maximum absolute atomic E-state index is 12.2. The number of ether oxygens (including phenoxy) is 1. The van der Waals surface area contributed by atoms with Crippen LogP contribution in [0, 0.1) is 0 Å². The van der Waals surface area contributed by atoms with Crippen LogP contribution in [0.5, 0.6) is 5.75 Å². The van der Waals surface area contributed by atoms with Crippen LogP contribution in [0.15, 0.2) is 33.6 Å². The molecule has 0 fully saturated rings. The lowest BCUT2D eigenvalue weighted by atomic mass is 10.1. The van der Waals surface area contributed by atoms with Crippen LogP contribution in [0.25, 0.3) is 11.3 Å². The van der Waals surface area contributed by atoms with E-state index in [0.717, 1.165) is 0 Å². The van der Waals surface area contributed by atoms with Crippen molar-refractivity contribution < 1.29 is 13.5 Å². The number of rotatable bonds is 3. The molecule has 2 nitrogen and oxygen atoms in total. The number of hydrogen-bond acceptors (Lipinski definition) is 3. The minimum Gasteiger partial charge on any atom is -0.434 e. The highest BCUT2D eigenvalue weighted by atomic mass is 79.9. The second-order valence-electron chi connectivity index (χ2n) is 2.86. The maximum Gasteiger partial charge on any atom is 0.387 e. The second-order valence-corrected chi connectivity index (χ2v) is 4.99. The van der Waals surface area contributed by atoms with Gasteiger partial charge >= 0.3 is 6.61 Å². The molecular formula is C10H6BrF2NOS. The van der Waals surface area contributed by atoms with E-state index in [1.54, 1.807) is 23.6 Å². The molecule has 1 aromatic heterocycles. The van der Waals surface area contributed by atoms with Crippen LogP contribution < -0.4 is 4.74 Å². The second kappa shape index (κ2) is 4.88. The Morgan fingerprint density at radius 1 is 1.31 bits per heavy atom. The van der Waals surface area contributed by atoms with Crippen molar-refractivity contribution in [2.24, 2.45) is 0 Å². The lowest BCUT2D eigenvalue weighted by Crippen LogP contribution is -2.02. The average Bonchev–Trinajstić information content (AvgIpc) is 2.65. The molecule has 0 aliphatic heterocycles. The molecule has 0 radical (unpaired) electrons. The molecule has 0 aliphatic carbocycles. The van der Waals surface area contributed by atoms with Gasteiger partial charge in [-0.3, -0.25) is 0 Å². The molecule has 0 atom stereocenters. The molecule has 2 aromatic rings. The Labute approximate surface area is 103 Å². The number of nitrogens with zero attached hydrogens (tertiary/aromatic N) is 1. The number of para-hydroxylation sites is 1. The van der Waals surface area contributed by atoms with Crippen molar-refractivity contribution in [1.82, 2.24) is 4.98 Å². The fraction of sp³-hybridized carbons (Fsp3) is 0.100. The molecule has 0 bridgehead atoms. The van der Waals surface area contributed by atoms with Crippen molar-refractivity contribution in [3.8, 4) is 17.0 Å². The molecule has 0 unspecified atom stereocenters. The highest BCUT2D eigenvalue weighted by Crippen LogP contribution is 2.32. The third-order valence-corrected chi connectivity index (χ3v) is 3.22. The molecule has 84 valence electrons. The quantitative estimate of drug-likeness (QED) is 0.849. The zero-order chi connectivity index (χ0) is 11.5. The van der Waals surface area contributed by atoms with Crippen LogP contribution >= 0.6 is 27.3 Å². The predicted octanol–water partition coefficient (Wildman–Crippen LogP) is 4.17. The van der Waals surface area contributed by atoms with Gasteiger partial charge in [0.15, 0.2) is 3.92 Å². The summed E-state index contributed by atoms with van der Waals surface area (Å²) in [6.45, 7) is -2.83. The van der Waals surface area contributed by atoms with Gasteiger partial charge in [-0.25, -0.2) is 4.98 Å². The van der Waals surface area contributed by atoms with Crippen LogP contribution in [-0.4, -0.2) is 11.6 Å². The Kier molecular flexibility index (Phi) is 3.50. The largest absolute Gasteiger partial charge is 0.434 e. The number of thiazole rings is 1. The molecule has 0 saturated heterocycles. The first-order valence-corrected chi connectivity index (χ1v) is 5.99. The SMILES string of the molecule is FC(F)Oc1ccccc1-c1csc(Br)n1. The molecule has 0 saturated carbocycles. The lowest BCUT2D eigenvalue weighted by molar-refractivity contribution is -0.0494. The third kappa shape index (κ3) is 2.56. The Hall–Kier alpha value is -1.01. The average molecular weight is 306 g/mol. The first-order valence-electron chi connectivity index (χ1n) is 4.32. The zero-order valence-electron chi connectivity index (χ0n) is 7.86.